The highest BCUT2D eigenvalue weighted by molar-refractivity contribution is 7.47. The second kappa shape index (κ2) is 37.3. The molecule has 1 N–H and O–H groups in total. The van der Waals surface area contributed by atoms with Gasteiger partial charge in [-0.1, -0.05) is 160 Å². The molecule has 2 unspecified atom stereocenters. The van der Waals surface area contributed by atoms with Crippen LogP contribution in [-0.4, -0.2) is 42.8 Å². The Bertz CT molecular complexity index is 875. The standard InChI is InChI=1S/C41H77O8P/c1-4-7-9-11-13-15-17-19-20-21-22-24-26-28-30-32-34-36-41(43)49-39(38-48-50(44,45)47-6-3)37-46-40(42)35-33-31-29-27-25-23-18-16-14-12-10-8-5-2/h13,15,19-20,39H,4-12,14,16-18,21-38H2,1-3H3,(H,44,45)/b15-13-,20-19-. The van der Waals surface area contributed by atoms with Crippen LogP contribution in [-0.2, 0) is 32.7 Å². The average molecular weight is 729 g/mol. The summed E-state index contributed by atoms with van der Waals surface area (Å²) in [4.78, 5) is 34.7. The second-order valence-corrected chi connectivity index (χ2v) is 15.1. The Labute approximate surface area is 307 Å². The van der Waals surface area contributed by atoms with Gasteiger partial charge >= 0.3 is 19.8 Å². The van der Waals surface area contributed by atoms with E-state index >= 15 is 0 Å². The Balaban J connectivity index is 4.11. The molecule has 294 valence electrons. The van der Waals surface area contributed by atoms with E-state index in [1.165, 1.54) is 109 Å². The monoisotopic (exact) mass is 729 g/mol. The summed E-state index contributed by atoms with van der Waals surface area (Å²) in [6.45, 7) is 5.45. The Kier molecular flexibility index (Phi) is 36.2. The molecule has 0 aliphatic rings. The minimum absolute atomic E-state index is 0.000512. The summed E-state index contributed by atoms with van der Waals surface area (Å²) in [5.74, 6) is -0.801. The molecule has 0 aromatic carbocycles. The fourth-order valence-corrected chi connectivity index (χ4v) is 6.47. The molecule has 0 amide bonds. The van der Waals surface area contributed by atoms with Crippen LogP contribution in [0.25, 0.3) is 0 Å². The Hall–Kier alpha value is -1.47. The van der Waals surface area contributed by atoms with E-state index in [-0.39, 0.29) is 25.6 Å². The van der Waals surface area contributed by atoms with Crippen LogP contribution in [0.5, 0.6) is 0 Å². The first-order chi connectivity index (χ1) is 24.3. The van der Waals surface area contributed by atoms with Gasteiger partial charge in [0.1, 0.15) is 6.61 Å². The molecule has 0 heterocycles. The molecule has 50 heavy (non-hydrogen) atoms. The van der Waals surface area contributed by atoms with E-state index in [0.717, 1.165) is 51.4 Å². The minimum atomic E-state index is -4.28. The third-order valence-electron chi connectivity index (χ3n) is 8.76. The molecule has 0 saturated heterocycles. The van der Waals surface area contributed by atoms with Gasteiger partial charge in [-0.05, 0) is 51.9 Å². The van der Waals surface area contributed by atoms with Crippen LogP contribution in [0.2, 0.25) is 0 Å². The molecule has 0 fully saturated rings. The lowest BCUT2D eigenvalue weighted by molar-refractivity contribution is -0.161. The van der Waals surface area contributed by atoms with E-state index in [9.17, 15) is 19.0 Å². The maximum Gasteiger partial charge on any atom is 0.472 e. The number of carbonyl (C=O) groups is 2. The highest BCUT2D eigenvalue weighted by Gasteiger charge is 2.25. The number of allylic oxidation sites excluding steroid dienone is 4. The zero-order valence-electron chi connectivity index (χ0n) is 32.6. The third kappa shape index (κ3) is 36.3. The van der Waals surface area contributed by atoms with Crippen molar-refractivity contribution in [3.63, 3.8) is 0 Å². The fourth-order valence-electron chi connectivity index (χ4n) is 5.72. The molecule has 0 rings (SSSR count). The highest BCUT2D eigenvalue weighted by Crippen LogP contribution is 2.43. The van der Waals surface area contributed by atoms with Crippen molar-refractivity contribution in [3.05, 3.63) is 24.3 Å². The van der Waals surface area contributed by atoms with Gasteiger partial charge in [0.25, 0.3) is 0 Å². The number of phosphoric acid groups is 1. The number of unbranched alkanes of at least 4 members (excludes halogenated alkanes) is 22. The van der Waals surface area contributed by atoms with Crippen molar-refractivity contribution >= 4 is 19.8 Å². The Morgan fingerprint density at radius 2 is 0.960 bits per heavy atom. The molecule has 0 aliphatic heterocycles. The third-order valence-corrected chi connectivity index (χ3v) is 9.82. The van der Waals surface area contributed by atoms with Crippen molar-refractivity contribution in [1.29, 1.82) is 0 Å². The van der Waals surface area contributed by atoms with Gasteiger partial charge in [0.15, 0.2) is 6.10 Å². The normalized spacial score (nSPS) is 13.6. The molecule has 0 saturated carbocycles. The summed E-state index contributed by atoms with van der Waals surface area (Å²) in [5.41, 5.74) is 0. The highest BCUT2D eigenvalue weighted by atomic mass is 31.2. The quantitative estimate of drug-likeness (QED) is 0.0290. The topological polar surface area (TPSA) is 108 Å². The van der Waals surface area contributed by atoms with Crippen molar-refractivity contribution in [2.45, 2.75) is 207 Å². The van der Waals surface area contributed by atoms with Crippen molar-refractivity contribution in [3.8, 4) is 0 Å². The zero-order valence-corrected chi connectivity index (χ0v) is 33.5. The first-order valence-corrected chi connectivity index (χ1v) is 22.1. The molecule has 0 aromatic rings. The van der Waals surface area contributed by atoms with Crippen LogP contribution >= 0.6 is 7.82 Å². The number of esters is 2. The summed E-state index contributed by atoms with van der Waals surface area (Å²) in [5, 5.41) is 0. The molecule has 0 radical (unpaired) electrons. The van der Waals surface area contributed by atoms with Gasteiger partial charge in [-0.3, -0.25) is 18.6 Å². The van der Waals surface area contributed by atoms with E-state index in [1.54, 1.807) is 6.92 Å². The number of hydrogen-bond acceptors (Lipinski definition) is 7. The average Bonchev–Trinajstić information content (AvgIpc) is 3.09. The predicted octanol–water partition coefficient (Wildman–Crippen LogP) is 12.7. The minimum Gasteiger partial charge on any atom is -0.462 e. The van der Waals surface area contributed by atoms with Gasteiger partial charge in [0, 0.05) is 12.8 Å². The van der Waals surface area contributed by atoms with Gasteiger partial charge in [0.2, 0.25) is 0 Å². The number of phosphoric ester groups is 1. The molecule has 0 aromatic heterocycles. The van der Waals surface area contributed by atoms with Gasteiger partial charge in [-0.2, -0.15) is 0 Å². The first kappa shape index (κ1) is 48.5. The Morgan fingerprint density at radius 3 is 1.46 bits per heavy atom. The van der Waals surface area contributed by atoms with Crippen molar-refractivity contribution in [2.75, 3.05) is 19.8 Å². The van der Waals surface area contributed by atoms with Crippen LogP contribution < -0.4 is 0 Å². The molecule has 0 aliphatic carbocycles. The number of hydrogen-bond donors (Lipinski definition) is 1. The zero-order chi connectivity index (χ0) is 36.8. The summed E-state index contributed by atoms with van der Waals surface area (Å²) < 4.78 is 32.6. The van der Waals surface area contributed by atoms with Crippen LogP contribution in [0.4, 0.5) is 0 Å². The van der Waals surface area contributed by atoms with Crippen molar-refractivity contribution in [2.24, 2.45) is 0 Å². The van der Waals surface area contributed by atoms with Crippen molar-refractivity contribution in [1.82, 2.24) is 0 Å². The molecular weight excluding hydrogens is 651 g/mol. The lowest BCUT2D eigenvalue weighted by atomic mass is 10.0. The Morgan fingerprint density at radius 1 is 0.540 bits per heavy atom. The number of ether oxygens (including phenoxy) is 2. The van der Waals surface area contributed by atoms with Gasteiger partial charge in [-0.25, -0.2) is 4.57 Å². The van der Waals surface area contributed by atoms with Crippen LogP contribution in [0.15, 0.2) is 24.3 Å². The number of rotatable bonds is 38. The van der Waals surface area contributed by atoms with E-state index in [0.29, 0.717) is 12.8 Å². The molecule has 0 bridgehead atoms. The predicted molar refractivity (Wildman–Crippen MR) is 207 cm³/mol. The summed E-state index contributed by atoms with van der Waals surface area (Å²) in [6.07, 6.45) is 39.4. The largest absolute Gasteiger partial charge is 0.472 e. The van der Waals surface area contributed by atoms with Gasteiger partial charge in [0.05, 0.1) is 13.2 Å². The van der Waals surface area contributed by atoms with Crippen molar-refractivity contribution < 1.29 is 37.6 Å². The summed E-state index contributed by atoms with van der Waals surface area (Å²) in [7, 11) is -4.28. The maximum atomic E-state index is 12.5. The lowest BCUT2D eigenvalue weighted by Crippen LogP contribution is -2.29. The van der Waals surface area contributed by atoms with Gasteiger partial charge < -0.3 is 14.4 Å². The van der Waals surface area contributed by atoms with E-state index in [2.05, 4.69) is 38.2 Å². The summed E-state index contributed by atoms with van der Waals surface area (Å²) in [6, 6.07) is 0. The molecule has 0 spiro atoms. The smallest absolute Gasteiger partial charge is 0.462 e. The molecule has 9 heteroatoms. The molecule has 8 nitrogen and oxygen atoms in total. The second-order valence-electron chi connectivity index (χ2n) is 13.7. The van der Waals surface area contributed by atoms with Crippen LogP contribution in [0.3, 0.4) is 0 Å². The van der Waals surface area contributed by atoms with Crippen LogP contribution in [0, 0.1) is 0 Å². The van der Waals surface area contributed by atoms with Gasteiger partial charge in [-0.15, -0.1) is 0 Å². The number of carbonyl (C=O) groups excluding carboxylic acids is 2. The molecular formula is C41H77O8P. The lowest BCUT2D eigenvalue weighted by Gasteiger charge is -2.19. The fraction of sp³-hybridized carbons (Fsp3) is 0.854. The summed E-state index contributed by atoms with van der Waals surface area (Å²) >= 11 is 0. The van der Waals surface area contributed by atoms with E-state index < -0.39 is 26.5 Å². The van der Waals surface area contributed by atoms with E-state index in [4.69, 9.17) is 18.5 Å². The van der Waals surface area contributed by atoms with Crippen LogP contribution in [0.1, 0.15) is 201 Å². The van der Waals surface area contributed by atoms with E-state index in [1.807, 2.05) is 0 Å². The molecule has 2 atom stereocenters. The SMILES string of the molecule is CCCCC/C=C\C/C=C\CCCCCCCCCC(=O)OC(COC(=O)CCCCCCCCCCCCCCC)COP(=O)(O)OCC. The first-order valence-electron chi connectivity index (χ1n) is 20.6. The maximum absolute atomic E-state index is 12.5.